The highest BCUT2D eigenvalue weighted by Crippen LogP contribution is 2.51. The van der Waals surface area contributed by atoms with E-state index in [-0.39, 0.29) is 49.0 Å². The van der Waals surface area contributed by atoms with Crippen molar-refractivity contribution in [2.45, 2.75) is 69.4 Å². The summed E-state index contributed by atoms with van der Waals surface area (Å²) >= 11 is 0. The predicted octanol–water partition coefficient (Wildman–Crippen LogP) is 2.40. The van der Waals surface area contributed by atoms with E-state index in [2.05, 4.69) is 22.1 Å². The van der Waals surface area contributed by atoms with Crippen molar-refractivity contribution in [1.29, 1.82) is 0 Å². The van der Waals surface area contributed by atoms with E-state index in [9.17, 15) is 22.8 Å². The number of halogens is 3. The highest BCUT2D eigenvalue weighted by molar-refractivity contribution is 5.95. The normalized spacial score (nSPS) is 31.8. The lowest BCUT2D eigenvalue weighted by atomic mass is 9.78. The van der Waals surface area contributed by atoms with E-state index in [0.29, 0.717) is 56.3 Å². The molecule has 5 atom stereocenters. The van der Waals surface area contributed by atoms with Gasteiger partial charge in [0.1, 0.15) is 0 Å². The van der Waals surface area contributed by atoms with Crippen LogP contribution in [0.15, 0.2) is 12.3 Å². The fourth-order valence-corrected chi connectivity index (χ4v) is 6.96. The second kappa shape index (κ2) is 10.6. The molecule has 2 saturated heterocycles. The molecule has 0 bridgehead atoms. The number of ether oxygens (including phenoxy) is 2. The first kappa shape index (κ1) is 27.5. The van der Waals surface area contributed by atoms with Gasteiger partial charge in [0, 0.05) is 76.2 Å². The first-order valence-electron chi connectivity index (χ1n) is 14.2. The maximum absolute atomic E-state index is 14.3. The minimum absolute atomic E-state index is 0.0556. The summed E-state index contributed by atoms with van der Waals surface area (Å²) in [6.07, 6.45) is 0.812. The number of hydrogen-bond donors (Lipinski definition) is 1. The zero-order valence-corrected chi connectivity index (χ0v) is 22.6. The van der Waals surface area contributed by atoms with Gasteiger partial charge >= 0.3 is 6.18 Å². The summed E-state index contributed by atoms with van der Waals surface area (Å²) in [5.74, 6) is 5.72. The highest BCUT2D eigenvalue weighted by atomic mass is 19.4. The van der Waals surface area contributed by atoms with E-state index in [1.807, 2.05) is 0 Å². The molecule has 40 heavy (non-hydrogen) atoms. The lowest BCUT2D eigenvalue weighted by Crippen LogP contribution is -2.52. The molecule has 5 aliphatic rings. The number of pyridine rings is 1. The van der Waals surface area contributed by atoms with Crippen LogP contribution in [0.3, 0.4) is 0 Å². The van der Waals surface area contributed by atoms with Crippen LogP contribution in [0.2, 0.25) is 0 Å². The van der Waals surface area contributed by atoms with Crippen molar-refractivity contribution < 1.29 is 32.2 Å². The Morgan fingerprint density at radius 1 is 1.25 bits per heavy atom. The molecule has 2 amide bonds. The van der Waals surface area contributed by atoms with Crippen LogP contribution in [0.5, 0.6) is 0 Å². The first-order chi connectivity index (χ1) is 19.2. The molecule has 0 aromatic carbocycles. The van der Waals surface area contributed by atoms with Gasteiger partial charge in [-0.2, -0.15) is 13.2 Å². The van der Waals surface area contributed by atoms with E-state index in [1.54, 1.807) is 16.9 Å². The second-order valence-corrected chi connectivity index (χ2v) is 11.9. The number of fused-ring (bicyclic) bond motifs is 2. The number of likely N-dealkylation sites (tertiary alicyclic amines) is 1. The average molecular weight is 561 g/mol. The second-order valence-electron chi connectivity index (χ2n) is 11.9. The van der Waals surface area contributed by atoms with Gasteiger partial charge in [-0.3, -0.25) is 14.6 Å². The number of hydrogen-bond acceptors (Lipinski definition) is 6. The predicted molar refractivity (Wildman–Crippen MR) is 138 cm³/mol. The fourth-order valence-electron chi connectivity index (χ4n) is 6.96. The summed E-state index contributed by atoms with van der Waals surface area (Å²) in [6.45, 7) is 2.35. The summed E-state index contributed by atoms with van der Waals surface area (Å²) < 4.78 is 51.3. The van der Waals surface area contributed by atoms with E-state index in [0.717, 1.165) is 37.9 Å². The largest absolute Gasteiger partial charge is 0.417 e. The molecule has 1 aromatic rings. The summed E-state index contributed by atoms with van der Waals surface area (Å²) in [5, 5.41) is 3.72. The molecule has 8 nitrogen and oxygen atoms in total. The number of alkyl halides is 3. The Morgan fingerprint density at radius 3 is 2.83 bits per heavy atom. The molecule has 4 heterocycles. The van der Waals surface area contributed by atoms with Crippen LogP contribution in [-0.4, -0.2) is 84.7 Å². The number of carbonyl (C=O) groups is 2. The summed E-state index contributed by atoms with van der Waals surface area (Å²) in [6, 6.07) is 1.27. The zero-order chi connectivity index (χ0) is 28.1. The lowest BCUT2D eigenvalue weighted by molar-refractivity contribution is -0.144. The van der Waals surface area contributed by atoms with Gasteiger partial charge in [-0.05, 0) is 55.6 Å². The van der Waals surface area contributed by atoms with E-state index in [4.69, 9.17) is 9.47 Å². The van der Waals surface area contributed by atoms with Crippen molar-refractivity contribution in [3.05, 3.63) is 29.1 Å². The number of rotatable bonds is 4. The third-order valence-corrected chi connectivity index (χ3v) is 9.26. The highest BCUT2D eigenvalue weighted by Gasteiger charge is 2.59. The Bertz CT molecular complexity index is 1230. The molecular weight excluding hydrogens is 525 g/mol. The molecule has 0 spiro atoms. The van der Waals surface area contributed by atoms with Crippen molar-refractivity contribution in [3.8, 4) is 11.8 Å². The molecule has 1 aromatic heterocycles. The quantitative estimate of drug-likeness (QED) is 0.570. The molecule has 3 aliphatic heterocycles. The molecule has 11 heteroatoms. The van der Waals surface area contributed by atoms with Crippen LogP contribution >= 0.6 is 0 Å². The number of methoxy groups -OCH3 is 1. The maximum Gasteiger partial charge on any atom is 0.417 e. The molecular formula is C29H35F3N4O4. The van der Waals surface area contributed by atoms with Crippen LogP contribution in [-0.2, 0) is 38.2 Å². The number of carbonyl (C=O) groups excluding carboxylic acids is 2. The van der Waals surface area contributed by atoms with Gasteiger partial charge in [0.15, 0.2) is 0 Å². The lowest BCUT2D eigenvalue weighted by Gasteiger charge is -2.37. The van der Waals surface area contributed by atoms with Crippen LogP contribution < -0.4 is 5.32 Å². The van der Waals surface area contributed by atoms with Crippen LogP contribution in [0, 0.1) is 29.1 Å². The first-order valence-corrected chi connectivity index (χ1v) is 14.2. The fraction of sp³-hybridized carbons (Fsp3) is 0.690. The standard InChI is InChI=1S/C29H35F3N4O4/c1-39-25-16-40-9-7-24(25)34-22-11-21-15-36(26(37)5-4-18-2-3-18)17-28(21,12-22)27(38)35-8-6-23-19(14-35)10-20(13-33-23)29(30,31)32/h10,13,18,21-22,24-25,34H,2-3,6-9,11-12,14-17H2,1H3/t21-,22+,24?,25?,28-/m0/s1. The average Bonchev–Trinajstić information content (AvgIpc) is 3.61. The molecule has 4 fully saturated rings. The van der Waals surface area contributed by atoms with Gasteiger partial charge in [0.05, 0.1) is 23.7 Å². The summed E-state index contributed by atoms with van der Waals surface area (Å²) in [5.41, 5.74) is -0.588. The monoisotopic (exact) mass is 560 g/mol. The Kier molecular flexibility index (Phi) is 7.30. The van der Waals surface area contributed by atoms with Gasteiger partial charge in [0.25, 0.3) is 5.91 Å². The van der Waals surface area contributed by atoms with Crippen LogP contribution in [0.4, 0.5) is 13.2 Å². The number of nitrogens with one attached hydrogen (secondary N) is 1. The topological polar surface area (TPSA) is 84.0 Å². The Hall–Kier alpha value is -2.68. The minimum atomic E-state index is -4.50. The third-order valence-electron chi connectivity index (χ3n) is 9.26. The van der Waals surface area contributed by atoms with E-state index < -0.39 is 17.2 Å². The Labute approximate surface area is 231 Å². The zero-order valence-electron chi connectivity index (χ0n) is 22.6. The Balaban J connectivity index is 1.23. The number of aromatic nitrogens is 1. The molecule has 0 radical (unpaired) electrons. The molecule has 2 unspecified atom stereocenters. The molecule has 6 rings (SSSR count). The van der Waals surface area contributed by atoms with Crippen molar-refractivity contribution in [3.63, 3.8) is 0 Å². The number of amides is 2. The minimum Gasteiger partial charge on any atom is -0.379 e. The van der Waals surface area contributed by atoms with Crippen LogP contribution in [0.1, 0.15) is 48.9 Å². The molecule has 1 N–H and O–H groups in total. The van der Waals surface area contributed by atoms with Crippen molar-refractivity contribution in [2.24, 2.45) is 17.3 Å². The molecule has 216 valence electrons. The van der Waals surface area contributed by atoms with Crippen LogP contribution in [0.25, 0.3) is 0 Å². The van der Waals surface area contributed by atoms with Gasteiger partial charge in [0.2, 0.25) is 5.91 Å². The molecule has 2 saturated carbocycles. The summed E-state index contributed by atoms with van der Waals surface area (Å²) in [7, 11) is 1.67. The Morgan fingerprint density at radius 2 is 2.08 bits per heavy atom. The number of nitrogens with zero attached hydrogens (tertiary/aromatic N) is 3. The van der Waals surface area contributed by atoms with E-state index in [1.165, 1.54) is 0 Å². The van der Waals surface area contributed by atoms with E-state index >= 15 is 0 Å². The third kappa shape index (κ3) is 5.33. The molecule has 2 aliphatic carbocycles. The van der Waals surface area contributed by atoms with Crippen molar-refractivity contribution >= 4 is 11.8 Å². The van der Waals surface area contributed by atoms with Gasteiger partial charge in [-0.15, -0.1) is 0 Å². The van der Waals surface area contributed by atoms with Gasteiger partial charge in [-0.1, -0.05) is 5.92 Å². The maximum atomic E-state index is 14.3. The SMILES string of the molecule is COC1COCCC1N[C@@H]1C[C@H]2CN(C(=O)C#CC3CC3)C[C@@]2(C(=O)N2CCc3ncc(C(F)(F)F)cc3C2)C1. The van der Waals surface area contributed by atoms with Crippen molar-refractivity contribution in [1.82, 2.24) is 20.1 Å². The van der Waals surface area contributed by atoms with Gasteiger partial charge in [-0.25, -0.2) is 0 Å². The van der Waals surface area contributed by atoms with Crippen molar-refractivity contribution in [2.75, 3.05) is 40.0 Å². The summed E-state index contributed by atoms with van der Waals surface area (Å²) in [4.78, 5) is 34.8. The smallest absolute Gasteiger partial charge is 0.379 e. The van der Waals surface area contributed by atoms with Gasteiger partial charge < -0.3 is 24.6 Å².